The van der Waals surface area contributed by atoms with Crippen molar-refractivity contribution in [3.05, 3.63) is 65.2 Å². The molecule has 0 heterocycles. The van der Waals surface area contributed by atoms with E-state index in [0.717, 1.165) is 29.6 Å². The lowest BCUT2D eigenvalue weighted by Crippen LogP contribution is -2.23. The first-order chi connectivity index (χ1) is 10.1. The summed E-state index contributed by atoms with van der Waals surface area (Å²) in [6.07, 6.45) is 1.05. The number of nitrogens with one attached hydrogen (secondary N) is 2. The molecule has 2 rings (SSSR count). The summed E-state index contributed by atoms with van der Waals surface area (Å²) in [7, 11) is 0. The Morgan fingerprint density at radius 3 is 2.33 bits per heavy atom. The summed E-state index contributed by atoms with van der Waals surface area (Å²) in [5.41, 5.74) is 4.21. The first kappa shape index (κ1) is 15.1. The highest BCUT2D eigenvalue weighted by molar-refractivity contribution is 7.80. The molecule has 0 spiro atoms. The Kier molecular flexibility index (Phi) is 4.94. The molecule has 2 N–H and O–H groups in total. The van der Waals surface area contributed by atoms with Gasteiger partial charge in [0.1, 0.15) is 11.6 Å². The van der Waals surface area contributed by atoms with Crippen molar-refractivity contribution in [2.24, 2.45) is 5.10 Å². The predicted octanol–water partition coefficient (Wildman–Crippen LogP) is 3.59. The number of hydrogen-bond acceptors (Lipinski definition) is 2. The minimum atomic E-state index is -0.682. The zero-order valence-electron chi connectivity index (χ0n) is 11.2. The van der Waals surface area contributed by atoms with E-state index in [1.54, 1.807) is 0 Å². The largest absolute Gasteiger partial charge is 0.331 e. The molecule has 0 unspecified atom stereocenters. The van der Waals surface area contributed by atoms with Crippen LogP contribution in [-0.4, -0.2) is 11.3 Å². The fraction of sp³-hybridized carbons (Fsp3) is 0.0667. The lowest BCUT2D eigenvalue weighted by molar-refractivity contribution is 0.580. The number of nitrogens with zero attached hydrogens (tertiary/aromatic N) is 1. The van der Waals surface area contributed by atoms with Crippen LogP contribution in [0.3, 0.4) is 0 Å². The van der Waals surface area contributed by atoms with Crippen LogP contribution in [0.15, 0.2) is 47.6 Å². The summed E-state index contributed by atoms with van der Waals surface area (Å²) in [5, 5.41) is 6.85. The Bertz CT molecular complexity index is 649. The first-order valence-corrected chi connectivity index (χ1v) is 6.58. The fourth-order valence-electron chi connectivity index (χ4n) is 1.59. The summed E-state index contributed by atoms with van der Waals surface area (Å²) < 4.78 is 26.7. The van der Waals surface area contributed by atoms with Crippen LogP contribution in [0.5, 0.6) is 0 Å². The lowest BCUT2D eigenvalue weighted by Gasteiger charge is -2.07. The normalized spacial score (nSPS) is 10.6. The molecule has 2 aromatic rings. The SMILES string of the molecule is Cc1ccc(NC(=S)N/N=C\c2c(F)cccc2F)cc1. The van der Waals surface area contributed by atoms with Crippen LogP contribution in [0.2, 0.25) is 0 Å². The van der Waals surface area contributed by atoms with Crippen molar-refractivity contribution < 1.29 is 8.78 Å². The zero-order valence-corrected chi connectivity index (χ0v) is 12.0. The Balaban J connectivity index is 1.95. The topological polar surface area (TPSA) is 36.4 Å². The second-order valence-electron chi connectivity index (χ2n) is 4.33. The van der Waals surface area contributed by atoms with Crippen LogP contribution < -0.4 is 10.7 Å². The molecular formula is C15H13F2N3S. The summed E-state index contributed by atoms with van der Waals surface area (Å²) >= 11 is 5.03. The number of hydrazone groups is 1. The van der Waals surface area contributed by atoms with Gasteiger partial charge in [0.15, 0.2) is 5.11 Å². The van der Waals surface area contributed by atoms with Gasteiger partial charge in [-0.25, -0.2) is 8.78 Å². The quantitative estimate of drug-likeness (QED) is 0.517. The Morgan fingerprint density at radius 1 is 1.10 bits per heavy atom. The third kappa shape index (κ3) is 4.32. The summed E-state index contributed by atoms with van der Waals surface area (Å²) in [4.78, 5) is 0. The standard InChI is InChI=1S/C15H13F2N3S/c1-10-5-7-11(8-6-10)19-15(21)20-18-9-12-13(16)3-2-4-14(12)17/h2-9H,1H3,(H2,19,20,21)/b18-9-. The number of rotatable bonds is 3. The van der Waals surface area contributed by atoms with E-state index in [2.05, 4.69) is 15.8 Å². The molecule has 0 aliphatic rings. The molecule has 0 aliphatic carbocycles. The lowest BCUT2D eigenvalue weighted by atomic mass is 10.2. The van der Waals surface area contributed by atoms with E-state index < -0.39 is 11.6 Å². The maximum Gasteiger partial charge on any atom is 0.191 e. The molecule has 0 saturated heterocycles. The molecule has 0 bridgehead atoms. The van der Waals surface area contributed by atoms with E-state index >= 15 is 0 Å². The second kappa shape index (κ2) is 6.90. The second-order valence-corrected chi connectivity index (χ2v) is 4.73. The highest BCUT2D eigenvalue weighted by Gasteiger charge is 2.05. The van der Waals surface area contributed by atoms with Crippen molar-refractivity contribution >= 4 is 29.2 Å². The molecule has 2 aromatic carbocycles. The van der Waals surface area contributed by atoms with Crippen LogP contribution >= 0.6 is 12.2 Å². The average Bonchev–Trinajstić information content (AvgIpc) is 2.45. The molecule has 0 saturated carbocycles. The van der Waals surface area contributed by atoms with E-state index in [4.69, 9.17) is 12.2 Å². The van der Waals surface area contributed by atoms with Gasteiger partial charge in [0.25, 0.3) is 0 Å². The van der Waals surface area contributed by atoms with Gasteiger partial charge in [0, 0.05) is 5.69 Å². The average molecular weight is 305 g/mol. The highest BCUT2D eigenvalue weighted by atomic mass is 32.1. The molecule has 0 amide bonds. The van der Waals surface area contributed by atoms with Gasteiger partial charge in [-0.2, -0.15) is 5.10 Å². The summed E-state index contributed by atoms with van der Waals surface area (Å²) in [6.45, 7) is 1.98. The van der Waals surface area contributed by atoms with Gasteiger partial charge in [-0.3, -0.25) is 5.43 Å². The maximum absolute atomic E-state index is 13.4. The molecule has 6 heteroatoms. The number of halogens is 2. The van der Waals surface area contributed by atoms with Gasteiger partial charge in [-0.15, -0.1) is 0 Å². The van der Waals surface area contributed by atoms with Gasteiger partial charge in [0.2, 0.25) is 0 Å². The third-order valence-electron chi connectivity index (χ3n) is 2.67. The molecule has 0 fully saturated rings. The zero-order chi connectivity index (χ0) is 15.2. The van der Waals surface area contributed by atoms with Crippen LogP contribution in [0, 0.1) is 18.6 Å². The van der Waals surface area contributed by atoms with E-state index in [1.807, 2.05) is 31.2 Å². The minimum Gasteiger partial charge on any atom is -0.331 e. The third-order valence-corrected chi connectivity index (χ3v) is 2.86. The monoisotopic (exact) mass is 305 g/mol. The first-order valence-electron chi connectivity index (χ1n) is 6.17. The Hall–Kier alpha value is -2.34. The van der Waals surface area contributed by atoms with Crippen molar-refractivity contribution in [1.29, 1.82) is 0 Å². The summed E-state index contributed by atoms with van der Waals surface area (Å²) in [6, 6.07) is 11.2. The van der Waals surface area contributed by atoms with Gasteiger partial charge in [-0.1, -0.05) is 23.8 Å². The molecular weight excluding hydrogens is 292 g/mol. The van der Waals surface area contributed by atoms with Crippen molar-refractivity contribution in [1.82, 2.24) is 5.43 Å². The molecule has 0 aliphatic heterocycles. The maximum atomic E-state index is 13.4. The van der Waals surface area contributed by atoms with Crippen LogP contribution in [0.1, 0.15) is 11.1 Å². The fourth-order valence-corrected chi connectivity index (χ4v) is 1.76. The van der Waals surface area contributed by atoms with Gasteiger partial charge >= 0.3 is 0 Å². The smallest absolute Gasteiger partial charge is 0.191 e. The number of aryl methyl sites for hydroxylation is 1. The number of benzene rings is 2. The van der Waals surface area contributed by atoms with Gasteiger partial charge in [0.05, 0.1) is 11.8 Å². The highest BCUT2D eigenvalue weighted by Crippen LogP contribution is 2.09. The van der Waals surface area contributed by atoms with Crippen LogP contribution in [0.25, 0.3) is 0 Å². The van der Waals surface area contributed by atoms with Crippen LogP contribution in [-0.2, 0) is 0 Å². The minimum absolute atomic E-state index is 0.219. The van der Waals surface area contributed by atoms with Gasteiger partial charge < -0.3 is 5.32 Å². The Morgan fingerprint density at radius 2 is 1.71 bits per heavy atom. The van der Waals surface area contributed by atoms with Gasteiger partial charge in [-0.05, 0) is 43.4 Å². The van der Waals surface area contributed by atoms with Crippen LogP contribution in [0.4, 0.5) is 14.5 Å². The molecule has 0 aromatic heterocycles. The van der Waals surface area contributed by atoms with E-state index in [0.29, 0.717) is 0 Å². The molecule has 3 nitrogen and oxygen atoms in total. The van der Waals surface area contributed by atoms with Crippen molar-refractivity contribution in [3.8, 4) is 0 Å². The molecule has 108 valence electrons. The predicted molar refractivity (Wildman–Crippen MR) is 84.5 cm³/mol. The number of hydrogen-bond donors (Lipinski definition) is 2. The number of anilines is 1. The number of thiocarbonyl (C=S) groups is 1. The van der Waals surface area contributed by atoms with Crippen molar-refractivity contribution in [2.75, 3.05) is 5.32 Å². The summed E-state index contributed by atoms with van der Waals surface area (Å²) in [5.74, 6) is -1.36. The van der Waals surface area contributed by atoms with E-state index in [-0.39, 0.29) is 10.7 Å². The van der Waals surface area contributed by atoms with Crippen molar-refractivity contribution in [2.45, 2.75) is 6.92 Å². The molecule has 0 atom stereocenters. The Labute approximate surface area is 126 Å². The van der Waals surface area contributed by atoms with E-state index in [1.165, 1.54) is 6.07 Å². The van der Waals surface area contributed by atoms with E-state index in [9.17, 15) is 8.78 Å². The van der Waals surface area contributed by atoms with Crippen molar-refractivity contribution in [3.63, 3.8) is 0 Å². The molecule has 0 radical (unpaired) electrons. The molecule has 21 heavy (non-hydrogen) atoms.